The monoisotopic (exact) mass is 546 g/mol. The van der Waals surface area contributed by atoms with Gasteiger partial charge in [0.1, 0.15) is 17.5 Å². The molecular formula is C28H28F2N8O2. The fourth-order valence-corrected chi connectivity index (χ4v) is 5.16. The van der Waals surface area contributed by atoms with E-state index in [0.717, 1.165) is 24.8 Å². The highest BCUT2D eigenvalue weighted by Crippen LogP contribution is 2.37. The van der Waals surface area contributed by atoms with E-state index in [9.17, 15) is 9.18 Å². The molecular weight excluding hydrogens is 518 g/mol. The van der Waals surface area contributed by atoms with Gasteiger partial charge in [0.25, 0.3) is 5.91 Å². The largest absolute Gasteiger partial charge is 0.378 e. The van der Waals surface area contributed by atoms with Crippen molar-refractivity contribution in [1.29, 1.82) is 0 Å². The average Bonchev–Trinajstić information content (AvgIpc) is 2.99. The van der Waals surface area contributed by atoms with Crippen molar-refractivity contribution in [3.8, 4) is 0 Å². The summed E-state index contributed by atoms with van der Waals surface area (Å²) in [5.74, 6) is -0.882. The number of nitrogens with one attached hydrogen (secondary N) is 1. The number of hydrogen-bond acceptors (Lipinski definition) is 9. The number of nitrogens with zero attached hydrogens (tertiary/aromatic N) is 7. The molecule has 3 aromatic heterocycles. The normalized spacial score (nSPS) is 15.9. The van der Waals surface area contributed by atoms with Crippen molar-refractivity contribution in [3.63, 3.8) is 0 Å². The van der Waals surface area contributed by atoms with Crippen LogP contribution in [0.5, 0.6) is 0 Å². The van der Waals surface area contributed by atoms with E-state index in [4.69, 9.17) is 4.74 Å². The molecule has 0 aliphatic carbocycles. The molecule has 4 aromatic rings. The van der Waals surface area contributed by atoms with E-state index in [1.54, 1.807) is 23.4 Å². The Morgan fingerprint density at radius 1 is 0.950 bits per heavy atom. The number of rotatable bonds is 5. The van der Waals surface area contributed by atoms with Gasteiger partial charge in [-0.05, 0) is 19.1 Å². The molecule has 1 aromatic carbocycles. The first-order valence-corrected chi connectivity index (χ1v) is 13.1. The van der Waals surface area contributed by atoms with Crippen molar-refractivity contribution in [2.45, 2.75) is 6.92 Å². The Balaban J connectivity index is 1.31. The zero-order valence-electron chi connectivity index (χ0n) is 22.0. The lowest BCUT2D eigenvalue weighted by Gasteiger charge is -2.36. The van der Waals surface area contributed by atoms with Crippen LogP contribution in [0.25, 0.3) is 10.9 Å². The van der Waals surface area contributed by atoms with E-state index in [1.165, 1.54) is 18.5 Å². The van der Waals surface area contributed by atoms with Crippen LogP contribution in [0.3, 0.4) is 0 Å². The molecule has 0 saturated carbocycles. The van der Waals surface area contributed by atoms with Crippen LogP contribution in [-0.2, 0) is 4.74 Å². The molecule has 1 amide bonds. The molecule has 206 valence electrons. The number of benzene rings is 1. The van der Waals surface area contributed by atoms with Crippen molar-refractivity contribution in [2.75, 3.05) is 67.6 Å². The Morgan fingerprint density at radius 2 is 1.70 bits per heavy atom. The van der Waals surface area contributed by atoms with Crippen LogP contribution in [-0.4, -0.2) is 83.2 Å². The van der Waals surface area contributed by atoms with Crippen molar-refractivity contribution in [3.05, 3.63) is 72.1 Å². The molecule has 1 N–H and O–H groups in total. The highest BCUT2D eigenvalue weighted by Gasteiger charge is 2.27. The molecule has 0 unspecified atom stereocenters. The van der Waals surface area contributed by atoms with Crippen molar-refractivity contribution >= 4 is 39.7 Å². The van der Waals surface area contributed by atoms with Gasteiger partial charge in [0.2, 0.25) is 5.82 Å². The van der Waals surface area contributed by atoms with E-state index in [0.29, 0.717) is 62.1 Å². The molecule has 40 heavy (non-hydrogen) atoms. The highest BCUT2D eigenvalue weighted by atomic mass is 19.1. The Kier molecular flexibility index (Phi) is 7.08. The maximum atomic E-state index is 15.2. The lowest BCUT2D eigenvalue weighted by Crippen LogP contribution is -2.49. The smallest absolute Gasteiger partial charge is 0.291 e. The van der Waals surface area contributed by atoms with Crippen LogP contribution in [0.1, 0.15) is 16.2 Å². The first kappa shape index (κ1) is 25.8. The Hall–Kier alpha value is -4.45. The Morgan fingerprint density at radius 3 is 2.45 bits per heavy atom. The van der Waals surface area contributed by atoms with Crippen LogP contribution >= 0.6 is 0 Å². The Bertz CT molecular complexity index is 1540. The topological polar surface area (TPSA) is 99.6 Å². The van der Waals surface area contributed by atoms with Crippen molar-refractivity contribution in [1.82, 2.24) is 24.8 Å². The zero-order chi connectivity index (χ0) is 27.6. The predicted molar refractivity (Wildman–Crippen MR) is 147 cm³/mol. The van der Waals surface area contributed by atoms with Gasteiger partial charge in [-0.2, -0.15) is 0 Å². The summed E-state index contributed by atoms with van der Waals surface area (Å²) < 4.78 is 35.0. The molecule has 12 heteroatoms. The van der Waals surface area contributed by atoms with Gasteiger partial charge in [0, 0.05) is 69.4 Å². The molecule has 0 bridgehead atoms. The maximum absolute atomic E-state index is 15.2. The fourth-order valence-electron chi connectivity index (χ4n) is 5.16. The minimum atomic E-state index is -0.701. The lowest BCUT2D eigenvalue weighted by molar-refractivity contribution is 0.0734. The first-order chi connectivity index (χ1) is 19.5. The summed E-state index contributed by atoms with van der Waals surface area (Å²) in [6, 6.07) is 5.73. The van der Waals surface area contributed by atoms with Gasteiger partial charge in [0.05, 0.1) is 53.6 Å². The van der Waals surface area contributed by atoms with Crippen LogP contribution in [0.2, 0.25) is 0 Å². The van der Waals surface area contributed by atoms with E-state index < -0.39 is 11.6 Å². The summed E-state index contributed by atoms with van der Waals surface area (Å²) in [7, 11) is 0. The molecule has 0 radical (unpaired) electrons. The van der Waals surface area contributed by atoms with Gasteiger partial charge < -0.3 is 24.8 Å². The third kappa shape index (κ3) is 5.09. The number of carbonyl (C=O) groups is 1. The highest BCUT2D eigenvalue weighted by molar-refractivity contribution is 5.98. The minimum absolute atomic E-state index is 0.154. The fraction of sp³-hybridized carbons (Fsp3) is 0.321. The predicted octanol–water partition coefficient (Wildman–Crippen LogP) is 3.55. The molecule has 2 saturated heterocycles. The molecule has 0 spiro atoms. The van der Waals surface area contributed by atoms with Crippen LogP contribution in [0.4, 0.5) is 31.7 Å². The summed E-state index contributed by atoms with van der Waals surface area (Å²) in [5.41, 5.74) is 3.01. The van der Waals surface area contributed by atoms with Gasteiger partial charge in [-0.3, -0.25) is 9.78 Å². The average molecular weight is 547 g/mol. The summed E-state index contributed by atoms with van der Waals surface area (Å²) in [4.78, 5) is 35.9. The van der Waals surface area contributed by atoms with Crippen LogP contribution in [0, 0.1) is 18.6 Å². The van der Waals surface area contributed by atoms with E-state index in [2.05, 4.69) is 30.2 Å². The second-order valence-corrected chi connectivity index (χ2v) is 9.73. The number of halogens is 2. The number of aromatic nitrogens is 4. The third-order valence-electron chi connectivity index (χ3n) is 7.21. The molecule has 0 atom stereocenters. The second-order valence-electron chi connectivity index (χ2n) is 9.73. The number of carbonyl (C=O) groups excluding carboxylic acids is 1. The summed E-state index contributed by atoms with van der Waals surface area (Å²) in [6.07, 6.45) is 6.54. The van der Waals surface area contributed by atoms with Gasteiger partial charge >= 0.3 is 0 Å². The SMILES string of the molecule is Cc1c(N2CCN(C(=O)c3ncccn3)CC2)nc2cc(F)cc(F)c2c1Nc1cncc(N2CCOCC2)c1. The van der Waals surface area contributed by atoms with Crippen LogP contribution in [0.15, 0.2) is 49.1 Å². The number of hydrogen-bond donors (Lipinski definition) is 1. The third-order valence-corrected chi connectivity index (χ3v) is 7.21. The number of pyridine rings is 2. The van der Waals surface area contributed by atoms with E-state index >= 15 is 4.39 Å². The van der Waals surface area contributed by atoms with Gasteiger partial charge in [-0.15, -0.1) is 0 Å². The molecule has 2 fully saturated rings. The number of anilines is 4. The summed E-state index contributed by atoms with van der Waals surface area (Å²) >= 11 is 0. The second kappa shape index (κ2) is 11.0. The van der Waals surface area contributed by atoms with Gasteiger partial charge in [0.15, 0.2) is 0 Å². The zero-order valence-corrected chi connectivity index (χ0v) is 22.0. The standard InChI is InChI=1S/C28H28F2N8O2/c1-18-25(34-20-15-21(17-31-16-20)36-9-11-40-12-10-36)24-22(30)13-19(29)14-23(24)35-27(18)37-5-7-38(8-6-37)28(39)26-32-3-2-4-33-26/h2-4,13-17H,5-12H2,1H3,(H,34,35). The van der Waals surface area contributed by atoms with Crippen molar-refractivity contribution < 1.29 is 18.3 Å². The van der Waals surface area contributed by atoms with Crippen molar-refractivity contribution in [2.24, 2.45) is 0 Å². The molecule has 5 heterocycles. The maximum Gasteiger partial charge on any atom is 0.291 e. The van der Waals surface area contributed by atoms with Crippen LogP contribution < -0.4 is 15.1 Å². The number of amides is 1. The number of ether oxygens (including phenoxy) is 1. The van der Waals surface area contributed by atoms with Gasteiger partial charge in [-0.1, -0.05) is 0 Å². The van der Waals surface area contributed by atoms with E-state index in [-0.39, 0.29) is 22.6 Å². The minimum Gasteiger partial charge on any atom is -0.378 e. The quantitative estimate of drug-likeness (QED) is 0.403. The summed E-state index contributed by atoms with van der Waals surface area (Å²) in [6.45, 7) is 6.50. The van der Waals surface area contributed by atoms with Gasteiger partial charge in [-0.25, -0.2) is 23.7 Å². The molecule has 2 aliphatic heterocycles. The number of piperazine rings is 1. The molecule has 10 nitrogen and oxygen atoms in total. The molecule has 2 aliphatic rings. The first-order valence-electron chi connectivity index (χ1n) is 13.1. The number of morpholine rings is 1. The lowest BCUT2D eigenvalue weighted by atomic mass is 10.1. The Labute approximate surface area is 229 Å². The van der Waals surface area contributed by atoms with E-state index in [1.807, 2.05) is 17.9 Å². The number of fused-ring (bicyclic) bond motifs is 1. The molecule has 6 rings (SSSR count). The summed E-state index contributed by atoms with van der Waals surface area (Å²) in [5, 5.41) is 3.56.